The van der Waals surface area contributed by atoms with E-state index in [1.807, 2.05) is 18.2 Å². The quantitative estimate of drug-likeness (QED) is 0.742. The van der Waals surface area contributed by atoms with E-state index in [1.165, 1.54) is 12.3 Å². The second-order valence-corrected chi connectivity index (χ2v) is 8.67. The number of likely N-dealkylation sites (tertiary alicyclic amines) is 1. The van der Waals surface area contributed by atoms with Crippen molar-refractivity contribution < 1.29 is 22.7 Å². The number of carbonyl (C=O) groups is 1. The van der Waals surface area contributed by atoms with Crippen LogP contribution in [0.5, 0.6) is 5.88 Å². The molecule has 2 heterocycles. The van der Waals surface area contributed by atoms with Crippen LogP contribution in [0.2, 0.25) is 0 Å². The largest absolute Gasteiger partial charge is 0.476 e. The standard InChI is InChI=1S/C23H28F3N3O2/c1-22(2,15-31-20-18(23(24,25)26)10-7-12-27-20)21(30)28-19-11-13-29(3)14-17(19)16-8-5-4-6-9-16/h4-10,12,17,19H,11,13-15H2,1-3H3,(H,28,30)/t17-,19-/m0/s1. The van der Waals surface area contributed by atoms with Gasteiger partial charge in [0.25, 0.3) is 0 Å². The Kier molecular flexibility index (Phi) is 6.89. The van der Waals surface area contributed by atoms with Crippen molar-refractivity contribution in [3.05, 3.63) is 59.8 Å². The van der Waals surface area contributed by atoms with Crippen molar-refractivity contribution in [3.63, 3.8) is 0 Å². The SMILES string of the molecule is CN1CC[C@H](NC(=O)C(C)(C)COc2ncccc2C(F)(F)F)[C@H](c2ccccc2)C1. The number of nitrogens with zero attached hydrogens (tertiary/aromatic N) is 2. The fourth-order valence-electron chi connectivity index (χ4n) is 3.73. The minimum Gasteiger partial charge on any atom is -0.476 e. The van der Waals surface area contributed by atoms with Crippen molar-refractivity contribution in [3.8, 4) is 5.88 Å². The lowest BCUT2D eigenvalue weighted by molar-refractivity contribution is -0.139. The van der Waals surface area contributed by atoms with Crippen LogP contribution in [0.3, 0.4) is 0 Å². The molecule has 1 aliphatic heterocycles. The van der Waals surface area contributed by atoms with Crippen molar-refractivity contribution in [1.29, 1.82) is 0 Å². The number of alkyl halides is 3. The molecule has 1 fully saturated rings. The molecule has 31 heavy (non-hydrogen) atoms. The first kappa shape index (κ1) is 23.1. The van der Waals surface area contributed by atoms with Gasteiger partial charge < -0.3 is 15.0 Å². The first-order valence-corrected chi connectivity index (χ1v) is 10.3. The minimum atomic E-state index is -4.58. The van der Waals surface area contributed by atoms with Gasteiger partial charge in [0, 0.05) is 24.7 Å². The topological polar surface area (TPSA) is 54.5 Å². The molecule has 0 aliphatic carbocycles. The maximum Gasteiger partial charge on any atom is 0.421 e. The van der Waals surface area contributed by atoms with Gasteiger partial charge in [0.2, 0.25) is 11.8 Å². The summed E-state index contributed by atoms with van der Waals surface area (Å²) in [7, 11) is 2.05. The number of benzene rings is 1. The van der Waals surface area contributed by atoms with Crippen LogP contribution in [0, 0.1) is 5.41 Å². The van der Waals surface area contributed by atoms with Crippen molar-refractivity contribution >= 4 is 5.91 Å². The first-order chi connectivity index (χ1) is 14.6. The highest BCUT2D eigenvalue weighted by atomic mass is 19.4. The molecule has 0 unspecified atom stereocenters. The highest BCUT2D eigenvalue weighted by Crippen LogP contribution is 2.35. The van der Waals surface area contributed by atoms with E-state index >= 15 is 0 Å². The molecule has 2 atom stereocenters. The molecule has 0 bridgehead atoms. The summed E-state index contributed by atoms with van der Waals surface area (Å²) in [6.45, 7) is 4.76. The van der Waals surface area contributed by atoms with Gasteiger partial charge in [0.15, 0.2) is 0 Å². The van der Waals surface area contributed by atoms with E-state index < -0.39 is 23.0 Å². The Morgan fingerprint density at radius 2 is 1.90 bits per heavy atom. The zero-order valence-corrected chi connectivity index (χ0v) is 17.9. The number of piperidine rings is 1. The number of rotatable bonds is 6. The number of hydrogen-bond acceptors (Lipinski definition) is 4. The third-order valence-electron chi connectivity index (χ3n) is 5.62. The molecule has 0 spiro atoms. The molecule has 168 valence electrons. The maximum atomic E-state index is 13.2. The Bertz CT molecular complexity index is 887. The van der Waals surface area contributed by atoms with Crippen LogP contribution in [0.25, 0.3) is 0 Å². The number of halogens is 3. The Balaban J connectivity index is 1.69. The van der Waals surface area contributed by atoms with Crippen LogP contribution in [-0.4, -0.2) is 48.6 Å². The van der Waals surface area contributed by atoms with Gasteiger partial charge in [-0.1, -0.05) is 30.3 Å². The number of amides is 1. The van der Waals surface area contributed by atoms with Gasteiger partial charge in [-0.2, -0.15) is 13.2 Å². The van der Waals surface area contributed by atoms with Crippen LogP contribution < -0.4 is 10.1 Å². The smallest absolute Gasteiger partial charge is 0.421 e. The number of likely N-dealkylation sites (N-methyl/N-ethyl adjacent to an activating group) is 1. The molecular formula is C23H28F3N3O2. The summed E-state index contributed by atoms with van der Waals surface area (Å²) in [5.74, 6) is -0.641. The highest BCUT2D eigenvalue weighted by molar-refractivity contribution is 5.82. The molecule has 3 rings (SSSR count). The van der Waals surface area contributed by atoms with E-state index in [2.05, 4.69) is 34.4 Å². The van der Waals surface area contributed by atoms with Gasteiger partial charge in [-0.05, 0) is 51.6 Å². The Labute approximate surface area is 180 Å². The third kappa shape index (κ3) is 5.76. The summed E-state index contributed by atoms with van der Waals surface area (Å²) in [5, 5.41) is 3.12. The van der Waals surface area contributed by atoms with E-state index in [9.17, 15) is 18.0 Å². The zero-order valence-electron chi connectivity index (χ0n) is 17.9. The van der Waals surface area contributed by atoms with Gasteiger partial charge in [-0.25, -0.2) is 4.98 Å². The summed E-state index contributed by atoms with van der Waals surface area (Å²) in [6.07, 6.45) is -2.55. The molecule has 8 heteroatoms. The normalized spacial score (nSPS) is 20.3. The minimum absolute atomic E-state index is 0.0639. The molecule has 2 aromatic rings. The summed E-state index contributed by atoms with van der Waals surface area (Å²) in [5.41, 5.74) is -0.840. The fraction of sp³-hybridized carbons (Fsp3) is 0.478. The second-order valence-electron chi connectivity index (χ2n) is 8.67. The van der Waals surface area contributed by atoms with Gasteiger partial charge in [0.05, 0.1) is 5.41 Å². The number of nitrogens with one attached hydrogen (secondary N) is 1. The van der Waals surface area contributed by atoms with Crippen LogP contribution in [0.4, 0.5) is 13.2 Å². The maximum absolute atomic E-state index is 13.2. The summed E-state index contributed by atoms with van der Waals surface area (Å²) in [6, 6.07) is 12.1. The number of pyridine rings is 1. The van der Waals surface area contributed by atoms with E-state index in [0.717, 1.165) is 31.1 Å². The molecule has 0 saturated carbocycles. The molecule has 1 N–H and O–H groups in total. The molecule has 1 amide bonds. The summed E-state index contributed by atoms with van der Waals surface area (Å²) < 4.78 is 44.9. The molecular weight excluding hydrogens is 407 g/mol. The third-order valence-corrected chi connectivity index (χ3v) is 5.62. The second kappa shape index (κ2) is 9.26. The monoisotopic (exact) mass is 435 g/mol. The Morgan fingerprint density at radius 1 is 1.19 bits per heavy atom. The van der Waals surface area contributed by atoms with Crippen molar-refractivity contribution in [2.45, 2.75) is 38.4 Å². The summed E-state index contributed by atoms with van der Waals surface area (Å²) >= 11 is 0. The number of aromatic nitrogens is 1. The highest BCUT2D eigenvalue weighted by Gasteiger charge is 2.38. The molecule has 5 nitrogen and oxygen atoms in total. The predicted molar refractivity (Wildman–Crippen MR) is 112 cm³/mol. The van der Waals surface area contributed by atoms with Gasteiger partial charge in [0.1, 0.15) is 12.2 Å². The number of carbonyl (C=O) groups excluding carboxylic acids is 1. The predicted octanol–water partition coefficient (Wildman–Crippen LogP) is 4.11. The number of ether oxygens (including phenoxy) is 1. The van der Waals surface area contributed by atoms with Gasteiger partial charge in [-0.3, -0.25) is 4.79 Å². The van der Waals surface area contributed by atoms with Gasteiger partial charge >= 0.3 is 6.18 Å². The van der Waals surface area contributed by atoms with E-state index in [0.29, 0.717) is 0 Å². The zero-order chi connectivity index (χ0) is 22.6. The molecule has 1 aromatic carbocycles. The molecule has 1 aromatic heterocycles. The molecule has 1 aliphatic rings. The first-order valence-electron chi connectivity index (χ1n) is 10.3. The van der Waals surface area contributed by atoms with Crippen LogP contribution in [-0.2, 0) is 11.0 Å². The Hall–Kier alpha value is -2.61. The van der Waals surface area contributed by atoms with Crippen LogP contribution >= 0.6 is 0 Å². The van der Waals surface area contributed by atoms with Crippen molar-refractivity contribution in [2.24, 2.45) is 5.41 Å². The summed E-state index contributed by atoms with van der Waals surface area (Å²) in [4.78, 5) is 19.0. The van der Waals surface area contributed by atoms with Crippen LogP contribution in [0.1, 0.15) is 37.3 Å². The average Bonchev–Trinajstić information content (AvgIpc) is 2.73. The van der Waals surface area contributed by atoms with Gasteiger partial charge in [-0.15, -0.1) is 0 Å². The molecule has 1 saturated heterocycles. The van der Waals surface area contributed by atoms with E-state index in [4.69, 9.17) is 4.74 Å². The van der Waals surface area contributed by atoms with E-state index in [1.54, 1.807) is 13.8 Å². The van der Waals surface area contributed by atoms with Crippen molar-refractivity contribution in [2.75, 3.05) is 26.7 Å². The number of hydrogen-bond donors (Lipinski definition) is 1. The lowest BCUT2D eigenvalue weighted by atomic mass is 9.84. The fourth-order valence-corrected chi connectivity index (χ4v) is 3.73. The lowest BCUT2D eigenvalue weighted by Crippen LogP contribution is -2.52. The van der Waals surface area contributed by atoms with Crippen molar-refractivity contribution in [1.82, 2.24) is 15.2 Å². The average molecular weight is 435 g/mol. The van der Waals surface area contributed by atoms with E-state index in [-0.39, 0.29) is 24.5 Å². The Morgan fingerprint density at radius 3 is 2.58 bits per heavy atom. The van der Waals surface area contributed by atoms with Crippen LogP contribution in [0.15, 0.2) is 48.7 Å². The lowest BCUT2D eigenvalue weighted by Gasteiger charge is -2.39. The molecule has 0 radical (unpaired) electrons.